The first-order valence-electron chi connectivity index (χ1n) is 5.74. The van der Waals surface area contributed by atoms with E-state index in [-0.39, 0.29) is 6.04 Å². The van der Waals surface area contributed by atoms with Gasteiger partial charge in [-0.25, -0.2) is 4.79 Å². The summed E-state index contributed by atoms with van der Waals surface area (Å²) in [6, 6.07) is 0.628. The normalized spacial score (nSPS) is 39.9. The van der Waals surface area contributed by atoms with Gasteiger partial charge in [0, 0.05) is 19.1 Å². The van der Waals surface area contributed by atoms with Crippen molar-refractivity contribution in [1.82, 2.24) is 4.90 Å². The highest BCUT2D eigenvalue weighted by atomic mass is 16.4. The van der Waals surface area contributed by atoms with Crippen LogP contribution in [0, 0.1) is 5.41 Å². The number of amides is 1. The Hall–Kier alpha value is -0.770. The molecule has 2 aliphatic rings. The van der Waals surface area contributed by atoms with Crippen LogP contribution < -0.4 is 5.73 Å². The molecular formula is C11H20N2O2. The van der Waals surface area contributed by atoms with Crippen LogP contribution in [-0.4, -0.2) is 35.2 Å². The first-order valence-corrected chi connectivity index (χ1v) is 5.74. The van der Waals surface area contributed by atoms with Gasteiger partial charge in [-0.15, -0.1) is 0 Å². The molecule has 4 nitrogen and oxygen atoms in total. The topological polar surface area (TPSA) is 66.6 Å². The van der Waals surface area contributed by atoms with Crippen LogP contribution in [0.5, 0.6) is 0 Å². The Labute approximate surface area is 90.4 Å². The summed E-state index contributed by atoms with van der Waals surface area (Å²) in [4.78, 5) is 12.3. The predicted octanol–water partition coefficient (Wildman–Crippen LogP) is 1.65. The summed E-state index contributed by atoms with van der Waals surface area (Å²) in [6.07, 6.45) is 5.82. The van der Waals surface area contributed by atoms with Crippen LogP contribution in [-0.2, 0) is 0 Å². The van der Waals surface area contributed by atoms with E-state index >= 15 is 0 Å². The summed E-state index contributed by atoms with van der Waals surface area (Å²) in [5.41, 5.74) is 6.30. The second-order valence-electron chi connectivity index (χ2n) is 5.29. The molecule has 0 saturated heterocycles. The lowest BCUT2D eigenvalue weighted by atomic mass is 9.58. The molecule has 3 N–H and O–H groups in total. The minimum atomic E-state index is -0.804. The Balaban J connectivity index is 1.85. The molecule has 0 aliphatic heterocycles. The Morgan fingerprint density at radius 1 is 1.40 bits per heavy atom. The van der Waals surface area contributed by atoms with E-state index in [1.165, 1.54) is 4.90 Å². The SMILES string of the molecule is CN(C(=O)O)C1CCC2(CC1)CC(N)C2. The van der Waals surface area contributed by atoms with E-state index in [4.69, 9.17) is 10.8 Å². The van der Waals surface area contributed by atoms with Crippen LogP contribution in [0.15, 0.2) is 0 Å². The molecule has 0 atom stereocenters. The third-order valence-corrected chi connectivity index (χ3v) is 4.26. The molecule has 2 saturated carbocycles. The minimum Gasteiger partial charge on any atom is -0.465 e. The quantitative estimate of drug-likeness (QED) is 0.694. The lowest BCUT2D eigenvalue weighted by Crippen LogP contribution is -2.50. The summed E-state index contributed by atoms with van der Waals surface area (Å²) in [5.74, 6) is 0. The minimum absolute atomic E-state index is 0.227. The van der Waals surface area contributed by atoms with Gasteiger partial charge in [0.1, 0.15) is 0 Å². The first-order chi connectivity index (χ1) is 7.02. The van der Waals surface area contributed by atoms with Crippen LogP contribution in [0.3, 0.4) is 0 Å². The molecule has 0 aromatic rings. The lowest BCUT2D eigenvalue weighted by Gasteiger charge is -2.51. The molecule has 1 amide bonds. The molecule has 2 fully saturated rings. The second kappa shape index (κ2) is 3.67. The maximum Gasteiger partial charge on any atom is 0.407 e. The molecule has 0 bridgehead atoms. The molecule has 0 aromatic heterocycles. The zero-order chi connectivity index (χ0) is 11.1. The zero-order valence-electron chi connectivity index (χ0n) is 9.28. The van der Waals surface area contributed by atoms with E-state index in [1.807, 2.05) is 0 Å². The molecule has 2 rings (SSSR count). The highest BCUT2D eigenvalue weighted by Gasteiger charge is 2.45. The van der Waals surface area contributed by atoms with Crippen molar-refractivity contribution in [3.8, 4) is 0 Å². The van der Waals surface area contributed by atoms with Crippen molar-refractivity contribution in [3.63, 3.8) is 0 Å². The Bertz CT molecular complexity index is 251. The van der Waals surface area contributed by atoms with Crippen molar-refractivity contribution in [2.45, 2.75) is 50.6 Å². The fourth-order valence-electron chi connectivity index (χ4n) is 3.22. The van der Waals surface area contributed by atoms with Crippen molar-refractivity contribution in [2.75, 3.05) is 7.05 Å². The van der Waals surface area contributed by atoms with Crippen molar-refractivity contribution in [2.24, 2.45) is 11.1 Å². The molecule has 0 aromatic carbocycles. The highest BCUT2D eigenvalue weighted by Crippen LogP contribution is 2.51. The summed E-state index contributed by atoms with van der Waals surface area (Å²) in [6.45, 7) is 0. The van der Waals surface area contributed by atoms with Gasteiger partial charge in [0.25, 0.3) is 0 Å². The third kappa shape index (κ3) is 1.95. The average molecular weight is 212 g/mol. The monoisotopic (exact) mass is 212 g/mol. The molecule has 4 heteroatoms. The van der Waals surface area contributed by atoms with Gasteiger partial charge in [-0.1, -0.05) is 0 Å². The van der Waals surface area contributed by atoms with Crippen LogP contribution in [0.4, 0.5) is 4.79 Å². The highest BCUT2D eigenvalue weighted by molar-refractivity contribution is 5.64. The molecule has 0 unspecified atom stereocenters. The van der Waals surface area contributed by atoms with E-state index in [1.54, 1.807) is 7.05 Å². The Kier molecular flexibility index (Phi) is 2.63. The summed E-state index contributed by atoms with van der Waals surface area (Å²) in [5, 5.41) is 8.88. The number of carboxylic acid groups (broad SMARTS) is 1. The maximum absolute atomic E-state index is 10.8. The van der Waals surface area contributed by atoms with Gasteiger partial charge < -0.3 is 15.7 Å². The van der Waals surface area contributed by atoms with Crippen LogP contribution in [0.1, 0.15) is 38.5 Å². The molecule has 2 aliphatic carbocycles. The largest absolute Gasteiger partial charge is 0.465 e. The fraction of sp³-hybridized carbons (Fsp3) is 0.909. The fourth-order valence-corrected chi connectivity index (χ4v) is 3.22. The van der Waals surface area contributed by atoms with E-state index in [0.717, 1.165) is 38.5 Å². The second-order valence-corrected chi connectivity index (χ2v) is 5.29. The Morgan fingerprint density at radius 3 is 2.33 bits per heavy atom. The summed E-state index contributed by atoms with van der Waals surface area (Å²) >= 11 is 0. The van der Waals surface area contributed by atoms with Crippen LogP contribution in [0.2, 0.25) is 0 Å². The molecule has 15 heavy (non-hydrogen) atoms. The maximum atomic E-state index is 10.8. The molecule has 0 radical (unpaired) electrons. The zero-order valence-corrected chi connectivity index (χ0v) is 9.28. The number of rotatable bonds is 1. The standard InChI is InChI=1S/C11H20N2O2/c1-13(10(14)15)9-2-4-11(5-3-9)6-8(12)7-11/h8-9H,2-7,12H2,1H3,(H,14,15). The van der Waals surface area contributed by atoms with Gasteiger partial charge in [0.15, 0.2) is 0 Å². The third-order valence-electron chi connectivity index (χ3n) is 4.26. The molecular weight excluding hydrogens is 192 g/mol. The van der Waals surface area contributed by atoms with E-state index in [9.17, 15) is 4.79 Å². The predicted molar refractivity (Wildman–Crippen MR) is 57.7 cm³/mol. The molecule has 1 spiro atoms. The van der Waals surface area contributed by atoms with Gasteiger partial charge in [0.05, 0.1) is 0 Å². The van der Waals surface area contributed by atoms with Gasteiger partial charge in [0.2, 0.25) is 0 Å². The van der Waals surface area contributed by atoms with Crippen LogP contribution >= 0.6 is 0 Å². The van der Waals surface area contributed by atoms with Crippen molar-refractivity contribution in [1.29, 1.82) is 0 Å². The lowest BCUT2D eigenvalue weighted by molar-refractivity contribution is 0.0239. The summed E-state index contributed by atoms with van der Waals surface area (Å²) < 4.78 is 0. The smallest absolute Gasteiger partial charge is 0.407 e. The van der Waals surface area contributed by atoms with E-state index in [2.05, 4.69) is 0 Å². The number of nitrogens with zero attached hydrogens (tertiary/aromatic N) is 1. The van der Waals surface area contributed by atoms with Gasteiger partial charge >= 0.3 is 6.09 Å². The number of hydrogen-bond acceptors (Lipinski definition) is 2. The van der Waals surface area contributed by atoms with Crippen molar-refractivity contribution < 1.29 is 9.90 Å². The van der Waals surface area contributed by atoms with Crippen molar-refractivity contribution in [3.05, 3.63) is 0 Å². The number of hydrogen-bond donors (Lipinski definition) is 2. The Morgan fingerprint density at radius 2 is 1.93 bits per heavy atom. The van der Waals surface area contributed by atoms with Gasteiger partial charge in [-0.3, -0.25) is 0 Å². The van der Waals surface area contributed by atoms with Crippen LogP contribution in [0.25, 0.3) is 0 Å². The average Bonchev–Trinajstić information content (AvgIpc) is 2.16. The number of nitrogens with two attached hydrogens (primary N) is 1. The molecule has 86 valence electrons. The molecule has 0 heterocycles. The van der Waals surface area contributed by atoms with Gasteiger partial charge in [-0.05, 0) is 43.9 Å². The van der Waals surface area contributed by atoms with Crippen molar-refractivity contribution >= 4 is 6.09 Å². The van der Waals surface area contributed by atoms with Gasteiger partial charge in [-0.2, -0.15) is 0 Å². The van der Waals surface area contributed by atoms with E-state index in [0.29, 0.717) is 11.5 Å². The first kappa shape index (κ1) is 10.7. The van der Waals surface area contributed by atoms with E-state index < -0.39 is 6.09 Å². The number of carbonyl (C=O) groups is 1. The summed E-state index contributed by atoms with van der Waals surface area (Å²) in [7, 11) is 1.68.